The highest BCUT2D eigenvalue weighted by atomic mass is 32.2. The van der Waals surface area contributed by atoms with E-state index in [1.54, 1.807) is 13.8 Å². The van der Waals surface area contributed by atoms with E-state index in [2.05, 4.69) is 22.8 Å². The molecule has 0 spiro atoms. The average Bonchev–Trinajstić information content (AvgIpc) is 2.78. The van der Waals surface area contributed by atoms with Gasteiger partial charge in [-0.3, -0.25) is 9.59 Å². The largest absolute Gasteiger partial charge is 0.354 e. The molecule has 0 bridgehead atoms. The first-order valence-electron chi connectivity index (χ1n) is 11.0. The Morgan fingerprint density at radius 3 is 2.25 bits per heavy atom. The van der Waals surface area contributed by atoms with Gasteiger partial charge in [-0.1, -0.05) is 56.7 Å². The maximum atomic E-state index is 12.7. The van der Waals surface area contributed by atoms with Crippen molar-refractivity contribution in [2.45, 2.75) is 43.4 Å². The molecule has 1 fully saturated rings. The van der Waals surface area contributed by atoms with Crippen LogP contribution in [0.2, 0.25) is 0 Å². The summed E-state index contributed by atoms with van der Waals surface area (Å²) in [6.07, 6.45) is 3.18. The number of nitrogens with one attached hydrogen (secondary N) is 2. The van der Waals surface area contributed by atoms with Crippen LogP contribution in [0.1, 0.15) is 49.0 Å². The third-order valence-corrected chi connectivity index (χ3v) is 8.22. The van der Waals surface area contributed by atoms with Crippen molar-refractivity contribution in [3.8, 4) is 0 Å². The maximum Gasteiger partial charge on any atom is 0.251 e. The van der Waals surface area contributed by atoms with Gasteiger partial charge < -0.3 is 10.6 Å². The molecular formula is C24H31N3O4S. The smallest absolute Gasteiger partial charge is 0.251 e. The van der Waals surface area contributed by atoms with E-state index in [1.165, 1.54) is 34.1 Å². The van der Waals surface area contributed by atoms with E-state index in [9.17, 15) is 18.0 Å². The van der Waals surface area contributed by atoms with Crippen molar-refractivity contribution in [2.75, 3.05) is 26.2 Å². The molecule has 0 unspecified atom stereocenters. The van der Waals surface area contributed by atoms with E-state index in [1.807, 2.05) is 18.2 Å². The van der Waals surface area contributed by atoms with Gasteiger partial charge in [-0.05, 0) is 36.6 Å². The Balaban J connectivity index is 1.57. The Morgan fingerprint density at radius 2 is 1.66 bits per heavy atom. The molecule has 0 aromatic heterocycles. The second-order valence-electron chi connectivity index (χ2n) is 8.08. The number of nitrogens with zero attached hydrogens (tertiary/aromatic N) is 1. The van der Waals surface area contributed by atoms with Crippen LogP contribution in [-0.2, 0) is 20.2 Å². The van der Waals surface area contributed by atoms with Crippen LogP contribution in [-0.4, -0.2) is 50.7 Å². The first kappa shape index (κ1) is 23.9. The summed E-state index contributed by atoms with van der Waals surface area (Å²) in [6, 6.07) is 16.1. The zero-order valence-electron chi connectivity index (χ0n) is 18.6. The quantitative estimate of drug-likeness (QED) is 0.573. The molecule has 3 rings (SSSR count). The third-order valence-electron chi connectivity index (χ3n) is 6.17. The molecule has 32 heavy (non-hydrogen) atoms. The summed E-state index contributed by atoms with van der Waals surface area (Å²) >= 11 is 0. The number of rotatable bonds is 10. The Kier molecular flexibility index (Phi) is 7.69. The number of carbonyl (C=O) groups is 2. The number of benzene rings is 2. The lowest BCUT2D eigenvalue weighted by atomic mass is 9.64. The second-order valence-corrected chi connectivity index (χ2v) is 10.0. The molecule has 7 nitrogen and oxygen atoms in total. The molecular weight excluding hydrogens is 426 g/mol. The number of carbonyl (C=O) groups excluding carboxylic acids is 2. The van der Waals surface area contributed by atoms with Crippen LogP contribution in [0, 0.1) is 0 Å². The molecule has 2 aromatic rings. The third kappa shape index (κ3) is 5.19. The molecule has 1 saturated carbocycles. The van der Waals surface area contributed by atoms with Crippen LogP contribution >= 0.6 is 0 Å². The van der Waals surface area contributed by atoms with Gasteiger partial charge in [0.1, 0.15) is 0 Å². The Hall–Kier alpha value is -2.71. The Bertz CT molecular complexity index is 1050. The molecule has 172 valence electrons. The van der Waals surface area contributed by atoms with Gasteiger partial charge in [-0.2, -0.15) is 4.31 Å². The topological polar surface area (TPSA) is 95.6 Å². The summed E-state index contributed by atoms with van der Waals surface area (Å²) in [4.78, 5) is 25.0. The fraction of sp³-hybridized carbons (Fsp3) is 0.417. The number of sulfonamides is 1. The SMILES string of the molecule is CCN(CC)S(=O)(=O)c1cccc(C(=O)NCC(=O)NCC2(c3ccccc3)CCC2)c1. The molecule has 8 heteroatoms. The minimum Gasteiger partial charge on any atom is -0.354 e. The summed E-state index contributed by atoms with van der Waals surface area (Å²) in [5.41, 5.74) is 1.39. The minimum atomic E-state index is -3.66. The number of hydrogen-bond acceptors (Lipinski definition) is 4. The fourth-order valence-corrected chi connectivity index (χ4v) is 5.57. The van der Waals surface area contributed by atoms with Crippen molar-refractivity contribution in [3.05, 3.63) is 65.7 Å². The monoisotopic (exact) mass is 457 g/mol. The predicted molar refractivity (Wildman–Crippen MR) is 124 cm³/mol. The van der Waals surface area contributed by atoms with Crippen molar-refractivity contribution in [2.24, 2.45) is 0 Å². The van der Waals surface area contributed by atoms with Crippen LogP contribution in [0.25, 0.3) is 0 Å². The van der Waals surface area contributed by atoms with Gasteiger partial charge in [0.2, 0.25) is 15.9 Å². The van der Waals surface area contributed by atoms with Crippen LogP contribution in [0.4, 0.5) is 0 Å². The van der Waals surface area contributed by atoms with E-state index in [-0.39, 0.29) is 28.3 Å². The molecule has 0 heterocycles. The normalized spacial score (nSPS) is 15.1. The summed E-state index contributed by atoms with van der Waals surface area (Å²) < 4.78 is 26.7. The minimum absolute atomic E-state index is 0.0337. The molecule has 2 aromatic carbocycles. The highest BCUT2D eigenvalue weighted by Crippen LogP contribution is 2.43. The van der Waals surface area contributed by atoms with Crippen molar-refractivity contribution >= 4 is 21.8 Å². The van der Waals surface area contributed by atoms with Crippen LogP contribution in [0.3, 0.4) is 0 Å². The van der Waals surface area contributed by atoms with Gasteiger partial charge in [-0.15, -0.1) is 0 Å². The summed E-state index contributed by atoms with van der Waals surface area (Å²) in [6.45, 7) is 4.59. The second kappa shape index (κ2) is 10.3. The zero-order valence-corrected chi connectivity index (χ0v) is 19.5. The highest BCUT2D eigenvalue weighted by molar-refractivity contribution is 7.89. The van der Waals surface area contributed by atoms with Gasteiger partial charge in [0.05, 0.1) is 11.4 Å². The van der Waals surface area contributed by atoms with E-state index in [0.717, 1.165) is 19.3 Å². The lowest BCUT2D eigenvalue weighted by Gasteiger charge is -2.42. The van der Waals surface area contributed by atoms with Crippen molar-refractivity contribution < 1.29 is 18.0 Å². The maximum absolute atomic E-state index is 12.7. The molecule has 0 atom stereocenters. The zero-order chi connectivity index (χ0) is 23.2. The van der Waals surface area contributed by atoms with E-state index in [0.29, 0.717) is 19.6 Å². The van der Waals surface area contributed by atoms with Crippen LogP contribution < -0.4 is 10.6 Å². The lowest BCUT2D eigenvalue weighted by Crippen LogP contribution is -2.47. The van der Waals surface area contributed by atoms with Gasteiger partial charge >= 0.3 is 0 Å². The number of hydrogen-bond donors (Lipinski definition) is 2. The summed E-state index contributed by atoms with van der Waals surface area (Å²) in [5, 5.41) is 5.53. The van der Waals surface area contributed by atoms with Crippen LogP contribution in [0.15, 0.2) is 59.5 Å². The molecule has 0 radical (unpaired) electrons. The lowest BCUT2D eigenvalue weighted by molar-refractivity contribution is -0.120. The van der Waals surface area contributed by atoms with Gasteiger partial charge in [0.25, 0.3) is 5.91 Å². The first-order valence-corrected chi connectivity index (χ1v) is 12.5. The molecule has 1 aliphatic rings. The first-order chi connectivity index (χ1) is 15.3. The van der Waals surface area contributed by atoms with Crippen molar-refractivity contribution in [1.82, 2.24) is 14.9 Å². The Morgan fingerprint density at radius 1 is 0.969 bits per heavy atom. The van der Waals surface area contributed by atoms with Crippen molar-refractivity contribution in [1.29, 1.82) is 0 Å². The molecule has 0 saturated heterocycles. The highest BCUT2D eigenvalue weighted by Gasteiger charge is 2.38. The summed E-state index contributed by atoms with van der Waals surface area (Å²) in [7, 11) is -3.66. The molecule has 2 N–H and O–H groups in total. The average molecular weight is 458 g/mol. The van der Waals surface area contributed by atoms with E-state index in [4.69, 9.17) is 0 Å². The van der Waals surface area contributed by atoms with Gasteiger partial charge in [0.15, 0.2) is 0 Å². The Labute approximate surface area is 190 Å². The predicted octanol–water partition coefficient (Wildman–Crippen LogP) is 2.69. The van der Waals surface area contributed by atoms with E-state index < -0.39 is 15.9 Å². The van der Waals surface area contributed by atoms with Gasteiger partial charge in [-0.25, -0.2) is 8.42 Å². The fourth-order valence-electron chi connectivity index (χ4n) is 4.07. The molecule has 2 amide bonds. The molecule has 1 aliphatic carbocycles. The standard InChI is InChI=1S/C24H31N3O4S/c1-3-27(4-2)32(30,31)21-13-8-10-19(16-21)23(29)25-17-22(28)26-18-24(14-9-15-24)20-11-6-5-7-12-20/h5-8,10-13,16H,3-4,9,14-15,17-18H2,1-2H3,(H,25,29)(H,26,28). The van der Waals surface area contributed by atoms with Crippen LogP contribution in [0.5, 0.6) is 0 Å². The van der Waals surface area contributed by atoms with Gasteiger partial charge in [0, 0.05) is 30.6 Å². The molecule has 0 aliphatic heterocycles. The van der Waals surface area contributed by atoms with E-state index >= 15 is 0 Å². The van der Waals surface area contributed by atoms with Crippen molar-refractivity contribution in [3.63, 3.8) is 0 Å². The summed E-state index contributed by atoms with van der Waals surface area (Å²) in [5.74, 6) is -0.759. The number of amides is 2.